The monoisotopic (exact) mass is 350 g/mol. The highest BCUT2D eigenvalue weighted by molar-refractivity contribution is 5.99. The van der Waals surface area contributed by atoms with Gasteiger partial charge in [-0.05, 0) is 45.4 Å². The average molecular weight is 350 g/mol. The molecule has 0 saturated carbocycles. The van der Waals surface area contributed by atoms with Crippen molar-refractivity contribution in [3.8, 4) is 11.1 Å². The first-order valence-corrected chi connectivity index (χ1v) is 8.68. The van der Waals surface area contributed by atoms with Gasteiger partial charge < -0.3 is 4.74 Å². The summed E-state index contributed by atoms with van der Waals surface area (Å²) in [4.78, 5) is 20.8. The summed E-state index contributed by atoms with van der Waals surface area (Å²) >= 11 is 0. The number of hydrogen-bond acceptors (Lipinski definition) is 5. The Morgan fingerprint density at radius 1 is 1.23 bits per heavy atom. The number of fused-ring (bicyclic) bond motifs is 1. The summed E-state index contributed by atoms with van der Waals surface area (Å²) in [5.41, 5.74) is 5.53. The van der Waals surface area contributed by atoms with Crippen LogP contribution in [0.25, 0.3) is 28.2 Å². The van der Waals surface area contributed by atoms with Crippen molar-refractivity contribution in [3.63, 3.8) is 0 Å². The summed E-state index contributed by atoms with van der Waals surface area (Å²) in [7, 11) is 0. The maximum Gasteiger partial charge on any atom is 0.330 e. The molecule has 0 unspecified atom stereocenters. The molecular formula is C20H22N4O2. The number of ether oxygens (including phenoxy) is 1. The molecule has 3 rings (SSSR count). The molecule has 3 aromatic heterocycles. The molecule has 134 valence electrons. The lowest BCUT2D eigenvalue weighted by Crippen LogP contribution is -2.02. The maximum absolute atomic E-state index is 11.8. The van der Waals surface area contributed by atoms with Crippen LogP contribution in [-0.2, 0) is 16.1 Å². The van der Waals surface area contributed by atoms with Crippen molar-refractivity contribution in [2.75, 3.05) is 6.61 Å². The number of carbonyl (C=O) groups is 1. The molecule has 0 atom stereocenters. The Kier molecular flexibility index (Phi) is 5.11. The summed E-state index contributed by atoms with van der Waals surface area (Å²) in [6, 6.07) is 2.08. The van der Waals surface area contributed by atoms with E-state index >= 15 is 0 Å². The standard InChI is InChI=1S/C20H22N4O2/c1-5-24-20-17(12-22-24)19(15-9-13(3)10-21-11-15)16(14(4)23-20)7-8-18(25)26-6-2/h7-12H,5-6H2,1-4H3/b8-7+. The number of carbonyl (C=O) groups excluding carboxylic acids is 1. The summed E-state index contributed by atoms with van der Waals surface area (Å²) in [6.45, 7) is 8.84. The number of esters is 1. The zero-order chi connectivity index (χ0) is 18.7. The Labute approximate surface area is 152 Å². The number of pyridine rings is 2. The molecule has 0 N–H and O–H groups in total. The van der Waals surface area contributed by atoms with Crippen LogP contribution < -0.4 is 0 Å². The van der Waals surface area contributed by atoms with Gasteiger partial charge in [-0.3, -0.25) is 4.98 Å². The van der Waals surface area contributed by atoms with Gasteiger partial charge in [0.1, 0.15) is 0 Å². The van der Waals surface area contributed by atoms with E-state index in [9.17, 15) is 4.79 Å². The van der Waals surface area contributed by atoms with Gasteiger partial charge in [-0.1, -0.05) is 0 Å². The molecule has 0 bridgehead atoms. The molecule has 0 radical (unpaired) electrons. The van der Waals surface area contributed by atoms with E-state index in [0.29, 0.717) is 6.61 Å². The second kappa shape index (κ2) is 7.47. The highest BCUT2D eigenvalue weighted by Gasteiger charge is 2.17. The zero-order valence-corrected chi connectivity index (χ0v) is 15.5. The molecule has 6 heteroatoms. The van der Waals surface area contributed by atoms with Gasteiger partial charge in [0.25, 0.3) is 0 Å². The van der Waals surface area contributed by atoms with E-state index < -0.39 is 0 Å². The van der Waals surface area contributed by atoms with Gasteiger partial charge in [-0.25, -0.2) is 14.5 Å². The lowest BCUT2D eigenvalue weighted by atomic mass is 9.96. The van der Waals surface area contributed by atoms with E-state index in [1.165, 1.54) is 6.08 Å². The molecule has 0 aliphatic carbocycles. The minimum Gasteiger partial charge on any atom is -0.463 e. The third-order valence-corrected chi connectivity index (χ3v) is 4.15. The minimum atomic E-state index is -0.371. The number of rotatable bonds is 5. The van der Waals surface area contributed by atoms with Crippen LogP contribution in [0, 0.1) is 13.8 Å². The van der Waals surface area contributed by atoms with Crippen molar-refractivity contribution in [1.29, 1.82) is 0 Å². The Balaban J connectivity index is 2.27. The van der Waals surface area contributed by atoms with Crippen LogP contribution in [0.1, 0.15) is 30.7 Å². The van der Waals surface area contributed by atoms with Crippen molar-refractivity contribution in [2.45, 2.75) is 34.2 Å². The second-order valence-corrected chi connectivity index (χ2v) is 6.02. The van der Waals surface area contributed by atoms with Gasteiger partial charge in [-0.15, -0.1) is 0 Å². The molecule has 3 heterocycles. The summed E-state index contributed by atoms with van der Waals surface area (Å²) in [6.07, 6.45) is 8.67. The van der Waals surface area contributed by atoms with Crippen LogP contribution in [0.2, 0.25) is 0 Å². The van der Waals surface area contributed by atoms with Crippen molar-refractivity contribution in [3.05, 3.63) is 47.6 Å². The van der Waals surface area contributed by atoms with Crippen LogP contribution >= 0.6 is 0 Å². The summed E-state index contributed by atoms with van der Waals surface area (Å²) < 4.78 is 6.87. The molecule has 0 aliphatic heterocycles. The fourth-order valence-corrected chi connectivity index (χ4v) is 3.00. The van der Waals surface area contributed by atoms with Crippen LogP contribution in [0.4, 0.5) is 0 Å². The SMILES string of the molecule is CCOC(=O)/C=C/c1c(C)nc2c(cnn2CC)c1-c1cncc(C)c1. The number of aromatic nitrogens is 4. The smallest absolute Gasteiger partial charge is 0.330 e. The van der Waals surface area contributed by atoms with Gasteiger partial charge in [0.2, 0.25) is 0 Å². The van der Waals surface area contributed by atoms with E-state index in [1.807, 2.05) is 44.0 Å². The van der Waals surface area contributed by atoms with E-state index in [-0.39, 0.29) is 5.97 Å². The van der Waals surface area contributed by atoms with Gasteiger partial charge >= 0.3 is 5.97 Å². The molecular weight excluding hydrogens is 328 g/mol. The fraction of sp³-hybridized carbons (Fsp3) is 0.300. The Hall–Kier alpha value is -3.02. The van der Waals surface area contributed by atoms with Gasteiger partial charge in [-0.2, -0.15) is 5.10 Å². The van der Waals surface area contributed by atoms with Gasteiger partial charge in [0.15, 0.2) is 5.65 Å². The highest BCUT2D eigenvalue weighted by atomic mass is 16.5. The molecule has 0 aromatic carbocycles. The van der Waals surface area contributed by atoms with Crippen molar-refractivity contribution >= 4 is 23.1 Å². The average Bonchev–Trinajstić information content (AvgIpc) is 3.02. The highest BCUT2D eigenvalue weighted by Crippen LogP contribution is 2.34. The first kappa shape index (κ1) is 17.8. The molecule has 0 fully saturated rings. The Bertz CT molecular complexity index is 989. The first-order valence-electron chi connectivity index (χ1n) is 8.68. The van der Waals surface area contributed by atoms with E-state index in [2.05, 4.69) is 16.1 Å². The number of nitrogens with zero attached hydrogens (tertiary/aromatic N) is 4. The molecule has 0 aliphatic rings. The molecule has 0 saturated heterocycles. The van der Waals surface area contributed by atoms with Crippen molar-refractivity contribution in [1.82, 2.24) is 19.7 Å². The van der Waals surface area contributed by atoms with Crippen molar-refractivity contribution in [2.24, 2.45) is 0 Å². The van der Waals surface area contributed by atoms with Crippen LogP contribution in [0.3, 0.4) is 0 Å². The number of aryl methyl sites for hydroxylation is 3. The second-order valence-electron chi connectivity index (χ2n) is 6.02. The third kappa shape index (κ3) is 3.35. The molecule has 26 heavy (non-hydrogen) atoms. The van der Waals surface area contributed by atoms with E-state index in [0.717, 1.165) is 45.5 Å². The van der Waals surface area contributed by atoms with Gasteiger partial charge in [0.05, 0.1) is 12.8 Å². The van der Waals surface area contributed by atoms with E-state index in [4.69, 9.17) is 9.72 Å². The summed E-state index contributed by atoms with van der Waals surface area (Å²) in [5, 5.41) is 5.39. The van der Waals surface area contributed by atoms with Crippen LogP contribution in [0.15, 0.2) is 30.7 Å². The Morgan fingerprint density at radius 2 is 2.04 bits per heavy atom. The lowest BCUT2D eigenvalue weighted by Gasteiger charge is -2.12. The fourth-order valence-electron chi connectivity index (χ4n) is 3.00. The third-order valence-electron chi connectivity index (χ3n) is 4.15. The van der Waals surface area contributed by atoms with Crippen LogP contribution in [-0.4, -0.2) is 32.3 Å². The minimum absolute atomic E-state index is 0.345. The lowest BCUT2D eigenvalue weighted by molar-refractivity contribution is -0.137. The van der Waals surface area contributed by atoms with Gasteiger partial charge in [0, 0.05) is 52.8 Å². The molecule has 0 amide bonds. The molecule has 0 spiro atoms. The molecule has 3 aromatic rings. The topological polar surface area (TPSA) is 69.9 Å². The first-order chi connectivity index (χ1) is 12.5. The predicted molar refractivity (Wildman–Crippen MR) is 102 cm³/mol. The van der Waals surface area contributed by atoms with Crippen molar-refractivity contribution < 1.29 is 9.53 Å². The normalized spacial score (nSPS) is 11.4. The van der Waals surface area contributed by atoms with E-state index in [1.54, 1.807) is 13.0 Å². The maximum atomic E-state index is 11.8. The number of hydrogen-bond donors (Lipinski definition) is 0. The predicted octanol–water partition coefficient (Wildman–Crippen LogP) is 3.71. The molecule has 6 nitrogen and oxygen atoms in total. The summed E-state index contributed by atoms with van der Waals surface area (Å²) in [5.74, 6) is -0.371. The zero-order valence-electron chi connectivity index (χ0n) is 15.5. The van der Waals surface area contributed by atoms with Crippen LogP contribution in [0.5, 0.6) is 0 Å². The Morgan fingerprint density at radius 3 is 2.73 bits per heavy atom. The quantitative estimate of drug-likeness (QED) is 0.518. The largest absolute Gasteiger partial charge is 0.463 e.